The summed E-state index contributed by atoms with van der Waals surface area (Å²) in [5.41, 5.74) is 0.289. The summed E-state index contributed by atoms with van der Waals surface area (Å²) in [6.07, 6.45) is -4.44. The van der Waals surface area contributed by atoms with Crippen molar-refractivity contribution in [1.29, 1.82) is 0 Å². The Bertz CT molecular complexity index is 425. The van der Waals surface area contributed by atoms with Crippen LogP contribution >= 0.6 is 27.5 Å². The lowest BCUT2D eigenvalue weighted by molar-refractivity contribution is -0.122. The van der Waals surface area contributed by atoms with E-state index in [1.54, 1.807) is 17.4 Å². The molecule has 2 amide bonds. The van der Waals surface area contributed by atoms with Crippen LogP contribution in [0.3, 0.4) is 0 Å². The van der Waals surface area contributed by atoms with Gasteiger partial charge in [0.15, 0.2) is 0 Å². The van der Waals surface area contributed by atoms with Gasteiger partial charge < -0.3 is 10.6 Å². The molecular weight excluding hydrogens is 324 g/mol. The number of rotatable bonds is 2. The van der Waals surface area contributed by atoms with Gasteiger partial charge in [-0.05, 0) is 28.1 Å². The lowest BCUT2D eigenvalue weighted by atomic mass is 10.3. The van der Waals surface area contributed by atoms with Gasteiger partial charge in [0, 0.05) is 0 Å². The zero-order chi connectivity index (χ0) is 13.1. The molecule has 0 fully saturated rings. The first-order valence-corrected chi connectivity index (χ1v) is 5.52. The third-order valence-electron chi connectivity index (χ3n) is 1.65. The van der Waals surface area contributed by atoms with Crippen LogP contribution in [0.5, 0.6) is 0 Å². The fourth-order valence-corrected chi connectivity index (χ4v) is 1.49. The predicted octanol–water partition coefficient (Wildman–Crippen LogP) is 3.79. The first-order valence-electron chi connectivity index (χ1n) is 4.35. The van der Waals surface area contributed by atoms with Crippen molar-refractivity contribution in [3.63, 3.8) is 0 Å². The molecule has 1 aromatic carbocycles. The quantitative estimate of drug-likeness (QED) is 0.850. The molecule has 3 nitrogen and oxygen atoms in total. The minimum Gasteiger partial charge on any atom is -0.329 e. The molecule has 1 aromatic rings. The maximum atomic E-state index is 11.8. The van der Waals surface area contributed by atoms with Gasteiger partial charge in [0.25, 0.3) is 0 Å². The molecule has 0 aliphatic rings. The van der Waals surface area contributed by atoms with Crippen LogP contribution in [0.2, 0.25) is 5.02 Å². The predicted molar refractivity (Wildman–Crippen MR) is 62.2 cm³/mol. The normalized spacial score (nSPS) is 11.1. The molecule has 0 spiro atoms. The third kappa shape index (κ3) is 4.82. The van der Waals surface area contributed by atoms with Crippen LogP contribution in [0.15, 0.2) is 22.7 Å². The molecule has 0 bridgehead atoms. The first kappa shape index (κ1) is 14.1. The minimum absolute atomic E-state index is 0.289. The summed E-state index contributed by atoms with van der Waals surface area (Å²) in [7, 11) is 0. The van der Waals surface area contributed by atoms with Crippen LogP contribution in [0, 0.1) is 0 Å². The van der Waals surface area contributed by atoms with E-state index in [9.17, 15) is 18.0 Å². The summed E-state index contributed by atoms with van der Waals surface area (Å²) < 4.78 is 35.9. The van der Waals surface area contributed by atoms with Gasteiger partial charge in [-0.3, -0.25) is 0 Å². The number of halogens is 5. The Kier molecular flexibility index (Phi) is 4.64. The monoisotopic (exact) mass is 330 g/mol. The molecule has 8 heteroatoms. The number of carbonyl (C=O) groups is 1. The number of benzene rings is 1. The highest BCUT2D eigenvalue weighted by Crippen LogP contribution is 2.29. The van der Waals surface area contributed by atoms with Crippen LogP contribution in [0.4, 0.5) is 23.7 Å². The smallest absolute Gasteiger partial charge is 0.329 e. The van der Waals surface area contributed by atoms with Crippen LogP contribution < -0.4 is 10.6 Å². The van der Waals surface area contributed by atoms with Crippen molar-refractivity contribution in [2.75, 3.05) is 11.9 Å². The number of amides is 2. The molecule has 94 valence electrons. The van der Waals surface area contributed by atoms with Crippen LogP contribution in [0.1, 0.15) is 0 Å². The second-order valence-corrected chi connectivity index (χ2v) is 4.22. The summed E-state index contributed by atoms with van der Waals surface area (Å²) in [6, 6.07) is 3.69. The maximum Gasteiger partial charge on any atom is 0.405 e. The first-order chi connectivity index (χ1) is 7.79. The largest absolute Gasteiger partial charge is 0.405 e. The average molecular weight is 332 g/mol. The van der Waals surface area contributed by atoms with E-state index in [0.29, 0.717) is 9.50 Å². The number of urea groups is 1. The number of alkyl halides is 3. The van der Waals surface area contributed by atoms with Crippen LogP contribution in [0.25, 0.3) is 0 Å². The number of hydrogen-bond acceptors (Lipinski definition) is 1. The molecule has 0 aliphatic carbocycles. The number of anilines is 1. The fourth-order valence-electron chi connectivity index (χ4n) is 0.947. The minimum atomic E-state index is -4.44. The van der Waals surface area contributed by atoms with Crippen molar-refractivity contribution in [3.8, 4) is 0 Å². The van der Waals surface area contributed by atoms with Gasteiger partial charge >= 0.3 is 12.2 Å². The Hall–Kier alpha value is -0.950. The molecule has 0 atom stereocenters. The zero-order valence-electron chi connectivity index (χ0n) is 8.24. The van der Waals surface area contributed by atoms with Gasteiger partial charge in [-0.15, -0.1) is 0 Å². The second kappa shape index (κ2) is 5.59. The Morgan fingerprint density at radius 2 is 2.06 bits per heavy atom. The maximum absolute atomic E-state index is 11.8. The van der Waals surface area contributed by atoms with Gasteiger partial charge in [0.1, 0.15) is 6.54 Å². The highest BCUT2D eigenvalue weighted by molar-refractivity contribution is 9.10. The molecule has 0 aliphatic heterocycles. The van der Waals surface area contributed by atoms with Crippen molar-refractivity contribution in [1.82, 2.24) is 5.32 Å². The Morgan fingerprint density at radius 1 is 1.41 bits per heavy atom. The fraction of sp³-hybridized carbons (Fsp3) is 0.222. The summed E-state index contributed by atoms with van der Waals surface area (Å²) in [5, 5.41) is 4.27. The average Bonchev–Trinajstić information content (AvgIpc) is 2.21. The molecule has 0 heterocycles. The van der Waals surface area contributed by atoms with E-state index in [4.69, 9.17) is 11.6 Å². The van der Waals surface area contributed by atoms with Crippen molar-refractivity contribution in [3.05, 3.63) is 27.7 Å². The molecule has 0 unspecified atom stereocenters. The van der Waals surface area contributed by atoms with Gasteiger partial charge in [-0.1, -0.05) is 17.7 Å². The van der Waals surface area contributed by atoms with E-state index in [2.05, 4.69) is 21.2 Å². The van der Waals surface area contributed by atoms with Gasteiger partial charge in [0.2, 0.25) is 0 Å². The molecule has 0 saturated heterocycles. The van der Waals surface area contributed by atoms with Crippen molar-refractivity contribution >= 4 is 39.2 Å². The number of carbonyl (C=O) groups excluding carboxylic acids is 1. The Morgan fingerprint density at radius 3 is 2.65 bits per heavy atom. The number of hydrogen-bond donors (Lipinski definition) is 2. The Balaban J connectivity index is 2.60. The van der Waals surface area contributed by atoms with Crippen LogP contribution in [-0.2, 0) is 0 Å². The summed E-state index contributed by atoms with van der Waals surface area (Å²) >= 11 is 8.85. The molecule has 2 N–H and O–H groups in total. The molecule has 1 rings (SSSR count). The summed E-state index contributed by atoms with van der Waals surface area (Å²) in [4.78, 5) is 11.1. The summed E-state index contributed by atoms with van der Waals surface area (Å²) in [6.45, 7) is -1.39. The van der Waals surface area contributed by atoms with Crippen LogP contribution in [-0.4, -0.2) is 18.8 Å². The highest BCUT2D eigenvalue weighted by Gasteiger charge is 2.27. The standard InChI is InChI=1S/C9H7BrClF3N2O/c10-7-5(11)2-1-3-6(7)16-8(17)15-4-9(12,13)14/h1-3H,4H2,(H2,15,16,17). The van der Waals surface area contributed by atoms with Crippen molar-refractivity contribution in [2.45, 2.75) is 6.18 Å². The number of nitrogens with one attached hydrogen (secondary N) is 2. The van der Waals surface area contributed by atoms with E-state index < -0.39 is 18.8 Å². The van der Waals surface area contributed by atoms with E-state index in [-0.39, 0.29) is 5.69 Å². The Labute approximate surface area is 108 Å². The topological polar surface area (TPSA) is 41.1 Å². The molecule has 0 saturated carbocycles. The van der Waals surface area contributed by atoms with Gasteiger partial charge in [-0.2, -0.15) is 13.2 Å². The van der Waals surface area contributed by atoms with Crippen molar-refractivity contribution < 1.29 is 18.0 Å². The van der Waals surface area contributed by atoms with E-state index in [0.717, 1.165) is 0 Å². The second-order valence-electron chi connectivity index (χ2n) is 3.02. The lowest BCUT2D eigenvalue weighted by Crippen LogP contribution is -2.36. The van der Waals surface area contributed by atoms with E-state index in [1.807, 2.05) is 0 Å². The third-order valence-corrected chi connectivity index (χ3v) is 3.05. The highest BCUT2D eigenvalue weighted by atomic mass is 79.9. The summed E-state index contributed by atoms with van der Waals surface area (Å²) in [5.74, 6) is 0. The van der Waals surface area contributed by atoms with Gasteiger partial charge in [-0.25, -0.2) is 4.79 Å². The van der Waals surface area contributed by atoms with Crippen molar-refractivity contribution in [2.24, 2.45) is 0 Å². The lowest BCUT2D eigenvalue weighted by Gasteiger charge is -2.11. The van der Waals surface area contributed by atoms with E-state index in [1.165, 1.54) is 6.07 Å². The molecule has 17 heavy (non-hydrogen) atoms. The molecule has 0 aromatic heterocycles. The SMILES string of the molecule is O=C(NCC(F)(F)F)Nc1cccc(Cl)c1Br. The molecular formula is C9H7BrClF3N2O. The van der Waals surface area contributed by atoms with E-state index >= 15 is 0 Å². The molecule has 0 radical (unpaired) electrons. The zero-order valence-corrected chi connectivity index (χ0v) is 10.6. The van der Waals surface area contributed by atoms with Gasteiger partial charge in [0.05, 0.1) is 15.2 Å².